The standard InChI is InChI=1S/C20H25FN2O5S/c1-4-27-11-12-28-15(3)20(24)22-16-10-9-14(2)19(13-16)29(25,26)23-18-8-6-5-7-17(18)21/h5-10,13,15,23H,4,11-12H2,1-3H3,(H,22,24). The van der Waals surface area contributed by atoms with Crippen molar-refractivity contribution < 1.29 is 27.1 Å². The minimum absolute atomic E-state index is 0.0662. The highest BCUT2D eigenvalue weighted by Gasteiger charge is 2.20. The average Bonchev–Trinajstić information content (AvgIpc) is 2.68. The molecule has 0 heterocycles. The third-order valence-electron chi connectivity index (χ3n) is 4.03. The molecule has 0 saturated carbocycles. The first kappa shape index (κ1) is 22.8. The van der Waals surface area contributed by atoms with Crippen LogP contribution in [0.1, 0.15) is 19.4 Å². The molecule has 1 unspecified atom stereocenters. The molecule has 0 aliphatic carbocycles. The number of sulfonamides is 1. The van der Waals surface area contributed by atoms with E-state index in [0.29, 0.717) is 18.8 Å². The Kier molecular flexibility index (Phi) is 8.12. The number of nitrogens with one attached hydrogen (secondary N) is 2. The van der Waals surface area contributed by atoms with Crippen molar-refractivity contribution in [2.24, 2.45) is 0 Å². The molecule has 2 aromatic carbocycles. The van der Waals surface area contributed by atoms with Crippen molar-refractivity contribution in [3.63, 3.8) is 0 Å². The Labute approximate surface area is 170 Å². The quantitative estimate of drug-likeness (QED) is 0.571. The van der Waals surface area contributed by atoms with Crippen LogP contribution in [0.3, 0.4) is 0 Å². The van der Waals surface area contributed by atoms with E-state index in [9.17, 15) is 17.6 Å². The molecule has 1 atom stereocenters. The van der Waals surface area contributed by atoms with Gasteiger partial charge in [0.2, 0.25) is 0 Å². The van der Waals surface area contributed by atoms with E-state index in [2.05, 4.69) is 10.0 Å². The average molecular weight is 424 g/mol. The zero-order valence-electron chi connectivity index (χ0n) is 16.6. The lowest BCUT2D eigenvalue weighted by Gasteiger charge is -2.15. The molecule has 0 aliphatic rings. The minimum Gasteiger partial charge on any atom is -0.379 e. The van der Waals surface area contributed by atoms with Crippen LogP contribution >= 0.6 is 0 Å². The highest BCUT2D eigenvalue weighted by molar-refractivity contribution is 7.92. The lowest BCUT2D eigenvalue weighted by Crippen LogP contribution is -2.29. The molecular weight excluding hydrogens is 399 g/mol. The summed E-state index contributed by atoms with van der Waals surface area (Å²) >= 11 is 0. The van der Waals surface area contributed by atoms with E-state index in [1.165, 1.54) is 24.3 Å². The summed E-state index contributed by atoms with van der Waals surface area (Å²) in [5.41, 5.74) is 0.584. The van der Waals surface area contributed by atoms with Crippen molar-refractivity contribution in [1.29, 1.82) is 0 Å². The fourth-order valence-corrected chi connectivity index (χ4v) is 3.80. The molecule has 2 rings (SSSR count). The number of rotatable bonds is 10. The Morgan fingerprint density at radius 1 is 1.17 bits per heavy atom. The summed E-state index contributed by atoms with van der Waals surface area (Å²) in [4.78, 5) is 12.2. The van der Waals surface area contributed by atoms with Crippen LogP contribution in [0.4, 0.5) is 15.8 Å². The van der Waals surface area contributed by atoms with E-state index in [1.807, 2.05) is 6.92 Å². The maximum absolute atomic E-state index is 13.8. The third-order valence-corrected chi connectivity index (χ3v) is 5.54. The van der Waals surface area contributed by atoms with Gasteiger partial charge in [-0.15, -0.1) is 0 Å². The monoisotopic (exact) mass is 424 g/mol. The minimum atomic E-state index is -4.05. The second-order valence-corrected chi connectivity index (χ2v) is 7.92. The largest absolute Gasteiger partial charge is 0.379 e. The van der Waals surface area contributed by atoms with Gasteiger partial charge >= 0.3 is 0 Å². The number of ether oxygens (including phenoxy) is 2. The van der Waals surface area contributed by atoms with E-state index in [-0.39, 0.29) is 22.9 Å². The van der Waals surface area contributed by atoms with Gasteiger partial charge in [0.1, 0.15) is 11.9 Å². The zero-order valence-corrected chi connectivity index (χ0v) is 17.4. The number of carbonyl (C=O) groups excluding carboxylic acids is 1. The van der Waals surface area contributed by atoms with Crippen molar-refractivity contribution in [2.75, 3.05) is 29.9 Å². The topological polar surface area (TPSA) is 93.7 Å². The van der Waals surface area contributed by atoms with Gasteiger partial charge < -0.3 is 14.8 Å². The van der Waals surface area contributed by atoms with Gasteiger partial charge in [0.05, 0.1) is 23.8 Å². The van der Waals surface area contributed by atoms with Gasteiger partial charge in [0.15, 0.2) is 0 Å². The highest BCUT2D eigenvalue weighted by atomic mass is 32.2. The van der Waals surface area contributed by atoms with Crippen LogP contribution in [0.15, 0.2) is 47.4 Å². The van der Waals surface area contributed by atoms with Gasteiger partial charge in [-0.1, -0.05) is 18.2 Å². The summed E-state index contributed by atoms with van der Waals surface area (Å²) in [6, 6.07) is 9.95. The van der Waals surface area contributed by atoms with E-state index in [0.717, 1.165) is 6.07 Å². The molecule has 1 amide bonds. The molecule has 7 nitrogen and oxygen atoms in total. The molecule has 0 bridgehead atoms. The summed E-state index contributed by atoms with van der Waals surface area (Å²) in [7, 11) is -4.05. The Hall–Kier alpha value is -2.49. The third kappa shape index (κ3) is 6.52. The van der Waals surface area contributed by atoms with Crippen LogP contribution in [-0.2, 0) is 24.3 Å². The number of anilines is 2. The molecular formula is C20H25FN2O5S. The molecule has 0 radical (unpaired) electrons. The summed E-state index contributed by atoms with van der Waals surface area (Å²) in [6.07, 6.45) is -0.742. The number of hydrogen-bond donors (Lipinski definition) is 2. The predicted molar refractivity (Wildman–Crippen MR) is 109 cm³/mol. The molecule has 2 N–H and O–H groups in total. The summed E-state index contributed by atoms with van der Waals surface area (Å²) in [5.74, 6) is -1.10. The summed E-state index contributed by atoms with van der Waals surface area (Å²) < 4.78 is 52.0. The van der Waals surface area contributed by atoms with Crippen molar-refractivity contribution in [3.8, 4) is 0 Å². The second kappa shape index (κ2) is 10.3. The van der Waals surface area contributed by atoms with Crippen LogP contribution in [0.25, 0.3) is 0 Å². The first-order chi connectivity index (χ1) is 13.7. The van der Waals surface area contributed by atoms with Crippen LogP contribution in [-0.4, -0.2) is 40.2 Å². The highest BCUT2D eigenvalue weighted by Crippen LogP contribution is 2.24. The van der Waals surface area contributed by atoms with Gasteiger partial charge in [-0.05, 0) is 50.6 Å². The van der Waals surface area contributed by atoms with Crippen LogP contribution in [0.2, 0.25) is 0 Å². The van der Waals surface area contributed by atoms with Gasteiger partial charge in [-0.25, -0.2) is 12.8 Å². The number of amides is 1. The number of aryl methyl sites for hydroxylation is 1. The molecule has 0 fully saturated rings. The molecule has 0 aromatic heterocycles. The molecule has 158 valence electrons. The fourth-order valence-electron chi connectivity index (χ4n) is 2.46. The zero-order chi connectivity index (χ0) is 21.4. The molecule has 0 spiro atoms. The molecule has 0 saturated heterocycles. The number of para-hydroxylation sites is 1. The van der Waals surface area contributed by atoms with Crippen molar-refractivity contribution in [1.82, 2.24) is 0 Å². The van der Waals surface area contributed by atoms with Gasteiger partial charge in [0, 0.05) is 12.3 Å². The Bertz CT molecular complexity index is 950. The van der Waals surface area contributed by atoms with Gasteiger partial charge in [-0.3, -0.25) is 9.52 Å². The van der Waals surface area contributed by atoms with Crippen LogP contribution < -0.4 is 10.0 Å². The normalized spacial score (nSPS) is 12.4. The van der Waals surface area contributed by atoms with Crippen LogP contribution in [0, 0.1) is 12.7 Å². The fraction of sp³-hybridized carbons (Fsp3) is 0.350. The Morgan fingerprint density at radius 3 is 2.59 bits per heavy atom. The Balaban J connectivity index is 2.12. The van der Waals surface area contributed by atoms with E-state index < -0.39 is 27.9 Å². The van der Waals surface area contributed by atoms with Crippen molar-refractivity contribution in [2.45, 2.75) is 31.8 Å². The molecule has 0 aliphatic heterocycles. The maximum Gasteiger partial charge on any atom is 0.262 e. The SMILES string of the molecule is CCOCCOC(C)C(=O)Nc1ccc(C)c(S(=O)(=O)Nc2ccccc2F)c1. The number of halogens is 1. The Morgan fingerprint density at radius 2 is 1.90 bits per heavy atom. The maximum atomic E-state index is 13.8. The lowest BCUT2D eigenvalue weighted by atomic mass is 10.2. The first-order valence-electron chi connectivity index (χ1n) is 9.12. The molecule has 2 aromatic rings. The van der Waals surface area contributed by atoms with E-state index in [4.69, 9.17) is 9.47 Å². The smallest absolute Gasteiger partial charge is 0.262 e. The predicted octanol–water partition coefficient (Wildman–Crippen LogP) is 3.32. The summed E-state index contributed by atoms with van der Waals surface area (Å²) in [5, 5.41) is 2.63. The van der Waals surface area contributed by atoms with Crippen molar-refractivity contribution in [3.05, 3.63) is 53.8 Å². The van der Waals surface area contributed by atoms with Gasteiger partial charge in [-0.2, -0.15) is 0 Å². The first-order valence-corrected chi connectivity index (χ1v) is 10.6. The summed E-state index contributed by atoms with van der Waals surface area (Å²) in [6.45, 7) is 6.27. The number of carbonyl (C=O) groups is 1. The number of benzene rings is 2. The van der Waals surface area contributed by atoms with E-state index in [1.54, 1.807) is 26.0 Å². The molecule has 9 heteroatoms. The molecule has 29 heavy (non-hydrogen) atoms. The lowest BCUT2D eigenvalue weighted by molar-refractivity contribution is -0.127. The van der Waals surface area contributed by atoms with E-state index >= 15 is 0 Å². The second-order valence-electron chi connectivity index (χ2n) is 6.26. The van der Waals surface area contributed by atoms with Crippen molar-refractivity contribution >= 4 is 27.3 Å². The number of hydrogen-bond acceptors (Lipinski definition) is 5. The van der Waals surface area contributed by atoms with Gasteiger partial charge in [0.25, 0.3) is 15.9 Å². The van der Waals surface area contributed by atoms with Crippen LogP contribution in [0.5, 0.6) is 0 Å².